The number of rotatable bonds is 5. The molecule has 0 aromatic heterocycles. The van der Waals surface area contributed by atoms with E-state index in [1.165, 1.54) is 38.0 Å². The second kappa shape index (κ2) is 8.76. The third-order valence-corrected chi connectivity index (χ3v) is 5.77. The van der Waals surface area contributed by atoms with Crippen molar-refractivity contribution in [3.05, 3.63) is 30.3 Å². The van der Waals surface area contributed by atoms with Crippen molar-refractivity contribution in [1.29, 1.82) is 0 Å². The van der Waals surface area contributed by atoms with Crippen LogP contribution in [0, 0.1) is 0 Å². The Balaban J connectivity index is 1.47. The second-order valence-corrected chi connectivity index (χ2v) is 8.20. The van der Waals surface area contributed by atoms with Gasteiger partial charge in [0.25, 0.3) is 0 Å². The van der Waals surface area contributed by atoms with Gasteiger partial charge in [0.15, 0.2) is 5.96 Å². The molecular weight excluding hydrogens is 322 g/mol. The molecule has 5 nitrogen and oxygen atoms in total. The standard InChI is InChI=1S/C21H35N5/c1-21(2,26-13-8-5-9-14-26)17-23-20(22-3)24-18-12-15-25(16-18)19-10-6-4-7-11-19/h4,6-7,10-11,18H,5,8-9,12-17H2,1-3H3,(H2,22,23,24). The summed E-state index contributed by atoms with van der Waals surface area (Å²) >= 11 is 0. The van der Waals surface area contributed by atoms with Gasteiger partial charge >= 0.3 is 0 Å². The fourth-order valence-corrected chi connectivity index (χ4v) is 4.05. The summed E-state index contributed by atoms with van der Waals surface area (Å²) in [5.41, 5.74) is 1.47. The van der Waals surface area contributed by atoms with Gasteiger partial charge in [0, 0.05) is 44.0 Å². The maximum Gasteiger partial charge on any atom is 0.191 e. The van der Waals surface area contributed by atoms with Crippen molar-refractivity contribution in [2.24, 2.45) is 4.99 Å². The highest BCUT2D eigenvalue weighted by atomic mass is 15.3. The number of benzene rings is 1. The van der Waals surface area contributed by atoms with Crippen LogP contribution in [0.5, 0.6) is 0 Å². The van der Waals surface area contributed by atoms with Crippen LogP contribution in [-0.2, 0) is 0 Å². The Morgan fingerprint density at radius 1 is 1.12 bits per heavy atom. The molecule has 2 aliphatic rings. The lowest BCUT2D eigenvalue weighted by atomic mass is 9.98. The molecule has 2 heterocycles. The van der Waals surface area contributed by atoms with Gasteiger partial charge in [-0.2, -0.15) is 0 Å². The van der Waals surface area contributed by atoms with Crippen LogP contribution >= 0.6 is 0 Å². The zero-order valence-electron chi connectivity index (χ0n) is 16.7. The van der Waals surface area contributed by atoms with Crippen LogP contribution in [0.1, 0.15) is 39.5 Å². The summed E-state index contributed by atoms with van der Waals surface area (Å²) in [5.74, 6) is 0.926. The number of para-hydroxylation sites is 1. The molecule has 5 heteroatoms. The maximum atomic E-state index is 4.45. The van der Waals surface area contributed by atoms with Crippen LogP contribution in [0.4, 0.5) is 5.69 Å². The first kappa shape index (κ1) is 19.0. The first-order chi connectivity index (χ1) is 12.6. The Morgan fingerprint density at radius 2 is 1.85 bits per heavy atom. The van der Waals surface area contributed by atoms with Crippen LogP contribution in [0.15, 0.2) is 35.3 Å². The first-order valence-corrected chi connectivity index (χ1v) is 10.1. The van der Waals surface area contributed by atoms with E-state index >= 15 is 0 Å². The zero-order chi connectivity index (χ0) is 18.4. The number of guanidine groups is 1. The van der Waals surface area contributed by atoms with Crippen molar-refractivity contribution in [3.63, 3.8) is 0 Å². The molecule has 3 rings (SSSR count). The van der Waals surface area contributed by atoms with Crippen LogP contribution in [0.25, 0.3) is 0 Å². The minimum atomic E-state index is 0.157. The number of nitrogens with one attached hydrogen (secondary N) is 2. The highest BCUT2D eigenvalue weighted by molar-refractivity contribution is 5.80. The molecule has 0 radical (unpaired) electrons. The van der Waals surface area contributed by atoms with Gasteiger partial charge in [0.05, 0.1) is 0 Å². The predicted octanol–water partition coefficient (Wildman–Crippen LogP) is 2.69. The van der Waals surface area contributed by atoms with E-state index in [1.807, 2.05) is 7.05 Å². The highest BCUT2D eigenvalue weighted by Crippen LogP contribution is 2.21. The van der Waals surface area contributed by atoms with Crippen molar-refractivity contribution in [3.8, 4) is 0 Å². The molecule has 1 atom stereocenters. The van der Waals surface area contributed by atoms with Crippen LogP contribution in [0.2, 0.25) is 0 Å². The van der Waals surface area contributed by atoms with E-state index in [1.54, 1.807) is 0 Å². The van der Waals surface area contributed by atoms with Crippen LogP contribution < -0.4 is 15.5 Å². The van der Waals surface area contributed by atoms with Crippen molar-refractivity contribution >= 4 is 11.6 Å². The molecular formula is C21H35N5. The molecule has 1 aromatic carbocycles. The fourth-order valence-electron chi connectivity index (χ4n) is 4.05. The molecule has 0 bridgehead atoms. The summed E-state index contributed by atoms with van der Waals surface area (Å²) in [5, 5.41) is 7.19. The Bertz CT molecular complexity index is 577. The summed E-state index contributed by atoms with van der Waals surface area (Å²) in [7, 11) is 1.87. The SMILES string of the molecule is CN=C(NCC(C)(C)N1CCCCC1)NC1CCN(c2ccccc2)C1. The van der Waals surface area contributed by atoms with Gasteiger partial charge in [0.1, 0.15) is 0 Å². The third kappa shape index (κ3) is 4.91. The number of nitrogens with zero attached hydrogens (tertiary/aromatic N) is 3. The molecule has 2 saturated heterocycles. The monoisotopic (exact) mass is 357 g/mol. The number of hydrogen-bond donors (Lipinski definition) is 2. The first-order valence-electron chi connectivity index (χ1n) is 10.1. The third-order valence-electron chi connectivity index (χ3n) is 5.77. The molecule has 2 N–H and O–H groups in total. The molecule has 2 fully saturated rings. The van der Waals surface area contributed by atoms with E-state index in [0.717, 1.165) is 32.0 Å². The molecule has 26 heavy (non-hydrogen) atoms. The highest BCUT2D eigenvalue weighted by Gasteiger charge is 2.29. The summed E-state index contributed by atoms with van der Waals surface area (Å²) in [4.78, 5) is 9.52. The Labute approximate surface area is 158 Å². The summed E-state index contributed by atoms with van der Waals surface area (Å²) in [6, 6.07) is 11.1. The van der Waals surface area contributed by atoms with Crippen LogP contribution in [0.3, 0.4) is 0 Å². The van der Waals surface area contributed by atoms with Gasteiger partial charge in [0.2, 0.25) is 0 Å². The summed E-state index contributed by atoms with van der Waals surface area (Å²) in [6.07, 6.45) is 5.18. The van der Waals surface area contributed by atoms with Crippen molar-refractivity contribution in [2.45, 2.75) is 51.1 Å². The van der Waals surface area contributed by atoms with E-state index in [2.05, 4.69) is 69.6 Å². The van der Waals surface area contributed by atoms with Gasteiger partial charge in [-0.3, -0.25) is 9.89 Å². The number of piperidine rings is 1. The molecule has 2 aliphatic heterocycles. The number of likely N-dealkylation sites (tertiary alicyclic amines) is 1. The van der Waals surface area contributed by atoms with Crippen LogP contribution in [-0.4, -0.2) is 62.2 Å². The van der Waals surface area contributed by atoms with Gasteiger partial charge in [-0.05, 0) is 58.3 Å². The van der Waals surface area contributed by atoms with Crippen molar-refractivity contribution in [1.82, 2.24) is 15.5 Å². The average Bonchev–Trinajstić information content (AvgIpc) is 3.15. The molecule has 0 aliphatic carbocycles. The molecule has 1 unspecified atom stereocenters. The van der Waals surface area contributed by atoms with Gasteiger partial charge in [-0.25, -0.2) is 0 Å². The number of aliphatic imine (C=N–C) groups is 1. The number of hydrogen-bond acceptors (Lipinski definition) is 3. The fraction of sp³-hybridized carbons (Fsp3) is 0.667. The Morgan fingerprint density at radius 3 is 2.54 bits per heavy atom. The lowest BCUT2D eigenvalue weighted by Crippen LogP contribution is -2.55. The smallest absolute Gasteiger partial charge is 0.191 e. The maximum absolute atomic E-state index is 4.45. The van der Waals surface area contributed by atoms with Gasteiger partial charge in [-0.1, -0.05) is 24.6 Å². The van der Waals surface area contributed by atoms with Crippen molar-refractivity contribution in [2.75, 3.05) is 44.7 Å². The normalized spacial score (nSPS) is 22.5. The lowest BCUT2D eigenvalue weighted by Gasteiger charge is -2.41. The minimum absolute atomic E-state index is 0.157. The Kier molecular flexibility index (Phi) is 6.41. The minimum Gasteiger partial charge on any atom is -0.369 e. The van der Waals surface area contributed by atoms with Gasteiger partial charge < -0.3 is 15.5 Å². The molecule has 1 aromatic rings. The zero-order valence-corrected chi connectivity index (χ0v) is 16.7. The predicted molar refractivity (Wildman–Crippen MR) is 111 cm³/mol. The molecule has 0 amide bonds. The molecule has 0 spiro atoms. The topological polar surface area (TPSA) is 42.9 Å². The number of anilines is 1. The Hall–Kier alpha value is -1.75. The quantitative estimate of drug-likeness (QED) is 0.628. The van der Waals surface area contributed by atoms with E-state index in [-0.39, 0.29) is 5.54 Å². The van der Waals surface area contributed by atoms with E-state index in [9.17, 15) is 0 Å². The lowest BCUT2D eigenvalue weighted by molar-refractivity contribution is 0.0982. The molecule has 144 valence electrons. The molecule has 0 saturated carbocycles. The average molecular weight is 358 g/mol. The second-order valence-electron chi connectivity index (χ2n) is 8.20. The van der Waals surface area contributed by atoms with E-state index in [0.29, 0.717) is 6.04 Å². The summed E-state index contributed by atoms with van der Waals surface area (Å²) in [6.45, 7) is 10.2. The largest absolute Gasteiger partial charge is 0.369 e. The summed E-state index contributed by atoms with van der Waals surface area (Å²) < 4.78 is 0. The van der Waals surface area contributed by atoms with Crippen molar-refractivity contribution < 1.29 is 0 Å². The van der Waals surface area contributed by atoms with Gasteiger partial charge in [-0.15, -0.1) is 0 Å². The van der Waals surface area contributed by atoms with E-state index < -0.39 is 0 Å². The van der Waals surface area contributed by atoms with E-state index in [4.69, 9.17) is 0 Å².